The quantitative estimate of drug-likeness (QED) is 0.822. The van der Waals surface area contributed by atoms with Gasteiger partial charge in [0.2, 0.25) is 5.76 Å². The maximum Gasteiger partial charge on any atom is 0.373 e. The van der Waals surface area contributed by atoms with Gasteiger partial charge in [0, 0.05) is 11.8 Å². The fourth-order valence-corrected chi connectivity index (χ4v) is 2.28. The first-order valence-electron chi connectivity index (χ1n) is 6.33. The number of hydrogen-bond donors (Lipinski definition) is 1. The lowest BCUT2D eigenvalue weighted by atomic mass is 10.2. The number of methoxy groups -OCH3 is 2. The van der Waals surface area contributed by atoms with Crippen LogP contribution in [0.1, 0.15) is 29.3 Å². The van der Waals surface area contributed by atoms with Gasteiger partial charge in [-0.15, -0.1) is 0 Å². The standard InChI is InChI=1S/C15H16BrNO4/c1-9(12-6-7-13(21-12)15(18)20-3)17-10-4-5-11(16)14(8-10)19-2/h4-9,17H,1-3H3. The van der Waals surface area contributed by atoms with Crippen LogP contribution < -0.4 is 10.1 Å². The van der Waals surface area contributed by atoms with E-state index in [1.807, 2.05) is 25.1 Å². The van der Waals surface area contributed by atoms with Crippen LogP contribution in [0.2, 0.25) is 0 Å². The Labute approximate surface area is 131 Å². The average molecular weight is 354 g/mol. The van der Waals surface area contributed by atoms with Gasteiger partial charge in [0.25, 0.3) is 0 Å². The topological polar surface area (TPSA) is 60.7 Å². The number of benzene rings is 1. The van der Waals surface area contributed by atoms with Crippen LogP contribution in [0.15, 0.2) is 39.2 Å². The van der Waals surface area contributed by atoms with Crippen LogP contribution >= 0.6 is 15.9 Å². The molecule has 0 aliphatic heterocycles. The smallest absolute Gasteiger partial charge is 0.373 e. The summed E-state index contributed by atoms with van der Waals surface area (Å²) in [7, 11) is 2.93. The molecular weight excluding hydrogens is 338 g/mol. The molecular formula is C15H16BrNO4. The Hall–Kier alpha value is -1.95. The predicted molar refractivity (Wildman–Crippen MR) is 82.8 cm³/mol. The largest absolute Gasteiger partial charge is 0.495 e. The van der Waals surface area contributed by atoms with Crippen LogP contribution in [0.25, 0.3) is 0 Å². The monoisotopic (exact) mass is 353 g/mol. The predicted octanol–water partition coefficient (Wildman–Crippen LogP) is 4.01. The van der Waals surface area contributed by atoms with Crippen molar-refractivity contribution in [3.63, 3.8) is 0 Å². The van der Waals surface area contributed by atoms with Crippen molar-refractivity contribution in [1.82, 2.24) is 0 Å². The Morgan fingerprint density at radius 2 is 2.05 bits per heavy atom. The van der Waals surface area contributed by atoms with Gasteiger partial charge in [0.1, 0.15) is 11.5 Å². The fourth-order valence-electron chi connectivity index (χ4n) is 1.87. The molecule has 0 amide bonds. The van der Waals surface area contributed by atoms with E-state index in [4.69, 9.17) is 9.15 Å². The number of carbonyl (C=O) groups is 1. The van der Waals surface area contributed by atoms with Gasteiger partial charge in [0.05, 0.1) is 24.7 Å². The van der Waals surface area contributed by atoms with Gasteiger partial charge < -0.3 is 19.2 Å². The van der Waals surface area contributed by atoms with Gasteiger partial charge in [-0.2, -0.15) is 0 Å². The van der Waals surface area contributed by atoms with Gasteiger partial charge in [-0.1, -0.05) is 0 Å². The molecule has 0 aliphatic carbocycles. The maximum absolute atomic E-state index is 11.4. The summed E-state index contributed by atoms with van der Waals surface area (Å²) < 4.78 is 16.2. The third-order valence-corrected chi connectivity index (χ3v) is 3.63. The number of nitrogens with one attached hydrogen (secondary N) is 1. The number of rotatable bonds is 5. The van der Waals surface area contributed by atoms with Crippen molar-refractivity contribution in [3.05, 3.63) is 46.3 Å². The maximum atomic E-state index is 11.4. The summed E-state index contributed by atoms with van der Waals surface area (Å²) >= 11 is 3.41. The number of halogens is 1. The molecule has 6 heteroatoms. The molecule has 2 rings (SSSR count). The first-order valence-corrected chi connectivity index (χ1v) is 7.12. The highest BCUT2D eigenvalue weighted by molar-refractivity contribution is 9.10. The molecule has 2 aromatic rings. The Morgan fingerprint density at radius 1 is 1.29 bits per heavy atom. The molecule has 0 bridgehead atoms. The molecule has 1 unspecified atom stereocenters. The normalized spacial score (nSPS) is 11.8. The SMILES string of the molecule is COC(=O)c1ccc(C(C)Nc2ccc(Br)c(OC)c2)o1. The lowest BCUT2D eigenvalue weighted by Crippen LogP contribution is -2.06. The second-order valence-corrected chi connectivity index (χ2v) is 5.26. The van der Waals surface area contributed by atoms with E-state index >= 15 is 0 Å². The van der Waals surface area contributed by atoms with Crippen molar-refractivity contribution in [2.24, 2.45) is 0 Å². The summed E-state index contributed by atoms with van der Waals surface area (Å²) in [6.45, 7) is 1.94. The molecule has 0 saturated heterocycles. The van der Waals surface area contributed by atoms with Crippen molar-refractivity contribution in [3.8, 4) is 5.75 Å². The molecule has 1 N–H and O–H groups in total. The molecule has 1 atom stereocenters. The van der Waals surface area contributed by atoms with Crippen LogP contribution in [0.5, 0.6) is 5.75 Å². The van der Waals surface area contributed by atoms with E-state index in [1.165, 1.54) is 7.11 Å². The van der Waals surface area contributed by atoms with Crippen LogP contribution in [0.3, 0.4) is 0 Å². The minimum atomic E-state index is -0.487. The van der Waals surface area contributed by atoms with Gasteiger partial charge in [0.15, 0.2) is 0 Å². The zero-order valence-electron chi connectivity index (χ0n) is 12.0. The third-order valence-electron chi connectivity index (χ3n) is 2.97. The number of anilines is 1. The van der Waals surface area contributed by atoms with Gasteiger partial charge in [-0.25, -0.2) is 4.79 Å². The summed E-state index contributed by atoms with van der Waals surface area (Å²) in [4.78, 5) is 11.4. The fraction of sp³-hybridized carbons (Fsp3) is 0.267. The van der Waals surface area contributed by atoms with Crippen molar-refractivity contribution >= 4 is 27.6 Å². The van der Waals surface area contributed by atoms with Gasteiger partial charge in [-0.05, 0) is 47.1 Å². The zero-order chi connectivity index (χ0) is 15.4. The average Bonchev–Trinajstić information content (AvgIpc) is 2.98. The molecule has 21 heavy (non-hydrogen) atoms. The summed E-state index contributed by atoms with van der Waals surface area (Å²) in [5, 5.41) is 3.28. The molecule has 0 spiro atoms. The van der Waals surface area contributed by atoms with Gasteiger partial charge in [-0.3, -0.25) is 0 Å². The van der Waals surface area contributed by atoms with Crippen LogP contribution in [-0.4, -0.2) is 20.2 Å². The Balaban J connectivity index is 2.12. The van der Waals surface area contributed by atoms with E-state index in [0.717, 1.165) is 15.9 Å². The third kappa shape index (κ3) is 3.58. The minimum absolute atomic E-state index is 0.103. The molecule has 1 heterocycles. The Bertz CT molecular complexity index is 638. The van der Waals surface area contributed by atoms with Gasteiger partial charge >= 0.3 is 5.97 Å². The molecule has 0 radical (unpaired) electrons. The Kier molecular flexibility index (Phi) is 4.90. The van der Waals surface area contributed by atoms with E-state index in [1.54, 1.807) is 19.2 Å². The van der Waals surface area contributed by atoms with Crippen LogP contribution in [0.4, 0.5) is 5.69 Å². The second kappa shape index (κ2) is 6.67. The van der Waals surface area contributed by atoms with Crippen LogP contribution in [-0.2, 0) is 4.74 Å². The van der Waals surface area contributed by atoms with E-state index in [2.05, 4.69) is 26.0 Å². The molecule has 0 aliphatic rings. The number of ether oxygens (including phenoxy) is 2. The number of hydrogen-bond acceptors (Lipinski definition) is 5. The van der Waals surface area contributed by atoms with E-state index in [-0.39, 0.29) is 11.8 Å². The van der Waals surface area contributed by atoms with E-state index in [9.17, 15) is 4.79 Å². The molecule has 0 fully saturated rings. The van der Waals surface area contributed by atoms with E-state index < -0.39 is 5.97 Å². The summed E-state index contributed by atoms with van der Waals surface area (Å²) in [5.41, 5.74) is 0.888. The minimum Gasteiger partial charge on any atom is -0.495 e. The highest BCUT2D eigenvalue weighted by Gasteiger charge is 2.15. The molecule has 0 saturated carbocycles. The molecule has 112 valence electrons. The number of furan rings is 1. The van der Waals surface area contributed by atoms with Crippen molar-refractivity contribution < 1.29 is 18.7 Å². The van der Waals surface area contributed by atoms with Crippen molar-refractivity contribution in [2.45, 2.75) is 13.0 Å². The molecule has 5 nitrogen and oxygen atoms in total. The number of carbonyl (C=O) groups excluding carboxylic acids is 1. The van der Waals surface area contributed by atoms with Crippen molar-refractivity contribution in [1.29, 1.82) is 0 Å². The zero-order valence-corrected chi connectivity index (χ0v) is 13.6. The first kappa shape index (κ1) is 15.4. The van der Waals surface area contributed by atoms with Crippen molar-refractivity contribution in [2.75, 3.05) is 19.5 Å². The van der Waals surface area contributed by atoms with E-state index in [0.29, 0.717) is 5.76 Å². The lowest BCUT2D eigenvalue weighted by molar-refractivity contribution is 0.0562. The highest BCUT2D eigenvalue weighted by atomic mass is 79.9. The highest BCUT2D eigenvalue weighted by Crippen LogP contribution is 2.30. The number of esters is 1. The second-order valence-electron chi connectivity index (χ2n) is 4.41. The molecule has 1 aromatic heterocycles. The molecule has 1 aromatic carbocycles. The first-order chi connectivity index (χ1) is 10.0. The Morgan fingerprint density at radius 3 is 2.71 bits per heavy atom. The van der Waals surface area contributed by atoms with Crippen LogP contribution in [0, 0.1) is 0 Å². The summed E-state index contributed by atoms with van der Waals surface area (Å²) in [6, 6.07) is 8.95. The summed E-state index contributed by atoms with van der Waals surface area (Å²) in [6.07, 6.45) is 0. The summed E-state index contributed by atoms with van der Waals surface area (Å²) in [5.74, 6) is 1.09. The lowest BCUT2D eigenvalue weighted by Gasteiger charge is -2.14.